The van der Waals surface area contributed by atoms with E-state index in [1.807, 2.05) is 6.08 Å². The summed E-state index contributed by atoms with van der Waals surface area (Å²) >= 11 is 0. The van der Waals surface area contributed by atoms with Crippen molar-refractivity contribution < 1.29 is 23.8 Å². The number of likely N-dealkylation sites (tertiary alicyclic amines) is 1. The Bertz CT molecular complexity index is 607. The van der Waals surface area contributed by atoms with E-state index in [9.17, 15) is 14.7 Å². The molecular formula is C14H13NO5. The van der Waals surface area contributed by atoms with Gasteiger partial charge in [0, 0.05) is 0 Å². The van der Waals surface area contributed by atoms with Crippen molar-refractivity contribution in [2.24, 2.45) is 11.8 Å². The van der Waals surface area contributed by atoms with Gasteiger partial charge in [-0.15, -0.1) is 0 Å². The normalized spacial score (nSPS) is 37.7. The van der Waals surface area contributed by atoms with Crippen LogP contribution in [-0.4, -0.2) is 40.1 Å². The number of nitrogens with zero attached hydrogens (tertiary/aromatic N) is 1. The minimum absolute atomic E-state index is 0.166. The highest BCUT2D eigenvalue weighted by Crippen LogP contribution is 2.52. The molecule has 1 amide bonds. The number of aliphatic carboxylic acids is 1. The van der Waals surface area contributed by atoms with Crippen LogP contribution in [0.4, 0.5) is 0 Å². The largest absolute Gasteiger partial charge is 0.481 e. The summed E-state index contributed by atoms with van der Waals surface area (Å²) in [6.07, 6.45) is 4.69. The van der Waals surface area contributed by atoms with Gasteiger partial charge < -0.3 is 19.2 Å². The fraction of sp³-hybridized carbons (Fsp3) is 0.429. The van der Waals surface area contributed by atoms with Gasteiger partial charge in [0.05, 0.1) is 31.4 Å². The molecule has 6 heteroatoms. The zero-order valence-corrected chi connectivity index (χ0v) is 10.6. The SMILES string of the molecule is O=C(O)[C@@H]1[C@@H]2C=C[C@]3(CN(Cc4ccco4)C(=O)[C@@H]13)O2. The highest BCUT2D eigenvalue weighted by molar-refractivity contribution is 5.90. The molecule has 4 rings (SSSR count). The molecule has 4 atom stereocenters. The topological polar surface area (TPSA) is 80.0 Å². The summed E-state index contributed by atoms with van der Waals surface area (Å²) in [5.41, 5.74) is -0.766. The number of carboxylic acids is 1. The molecule has 1 aromatic heterocycles. The van der Waals surface area contributed by atoms with Crippen molar-refractivity contribution in [2.45, 2.75) is 18.2 Å². The van der Waals surface area contributed by atoms with Gasteiger partial charge in [0.25, 0.3) is 0 Å². The number of ether oxygens (including phenoxy) is 1. The van der Waals surface area contributed by atoms with Crippen molar-refractivity contribution in [3.05, 3.63) is 36.3 Å². The zero-order valence-electron chi connectivity index (χ0n) is 10.6. The first-order valence-electron chi connectivity index (χ1n) is 6.52. The van der Waals surface area contributed by atoms with E-state index in [1.54, 1.807) is 29.4 Å². The lowest BCUT2D eigenvalue weighted by Gasteiger charge is -2.21. The quantitative estimate of drug-likeness (QED) is 0.819. The number of carboxylic acid groups (broad SMARTS) is 1. The summed E-state index contributed by atoms with van der Waals surface area (Å²) in [5.74, 6) is -1.86. The second-order valence-electron chi connectivity index (χ2n) is 5.51. The minimum Gasteiger partial charge on any atom is -0.481 e. The minimum atomic E-state index is -0.973. The van der Waals surface area contributed by atoms with E-state index >= 15 is 0 Å². The Morgan fingerprint density at radius 3 is 3.10 bits per heavy atom. The fourth-order valence-electron chi connectivity index (χ4n) is 3.58. The molecule has 2 fully saturated rings. The predicted octanol–water partition coefficient (Wildman–Crippen LogP) is 0.646. The molecule has 0 saturated carbocycles. The van der Waals surface area contributed by atoms with Crippen LogP contribution in [0, 0.1) is 11.8 Å². The lowest BCUT2D eigenvalue weighted by Crippen LogP contribution is -2.39. The lowest BCUT2D eigenvalue weighted by molar-refractivity contribution is -0.148. The van der Waals surface area contributed by atoms with Crippen LogP contribution in [0.2, 0.25) is 0 Å². The van der Waals surface area contributed by atoms with Crippen molar-refractivity contribution in [3.8, 4) is 0 Å². The van der Waals surface area contributed by atoms with Crippen LogP contribution in [0.3, 0.4) is 0 Å². The Morgan fingerprint density at radius 2 is 2.40 bits per heavy atom. The second kappa shape index (κ2) is 3.73. The van der Waals surface area contributed by atoms with Crippen LogP contribution in [0.1, 0.15) is 5.76 Å². The number of fused-ring (bicyclic) bond motifs is 1. The van der Waals surface area contributed by atoms with Crippen LogP contribution < -0.4 is 0 Å². The van der Waals surface area contributed by atoms with Gasteiger partial charge in [0.2, 0.25) is 5.91 Å². The molecule has 0 aromatic carbocycles. The summed E-state index contributed by atoms with van der Waals surface area (Å²) in [5, 5.41) is 9.34. The van der Waals surface area contributed by atoms with E-state index in [0.29, 0.717) is 18.8 Å². The third kappa shape index (κ3) is 1.37. The van der Waals surface area contributed by atoms with Gasteiger partial charge in [-0.05, 0) is 12.1 Å². The Kier molecular flexibility index (Phi) is 2.18. The number of amides is 1. The Morgan fingerprint density at radius 1 is 1.55 bits per heavy atom. The molecule has 0 unspecified atom stereocenters. The van der Waals surface area contributed by atoms with Gasteiger partial charge >= 0.3 is 5.97 Å². The van der Waals surface area contributed by atoms with Crippen molar-refractivity contribution in [2.75, 3.05) is 6.54 Å². The molecule has 0 radical (unpaired) electrons. The van der Waals surface area contributed by atoms with Crippen LogP contribution in [0.15, 0.2) is 35.0 Å². The first-order chi connectivity index (χ1) is 9.61. The summed E-state index contributed by atoms with van der Waals surface area (Å²) in [6, 6.07) is 3.55. The first kappa shape index (κ1) is 11.7. The molecule has 6 nitrogen and oxygen atoms in total. The highest BCUT2D eigenvalue weighted by Gasteiger charge is 2.67. The van der Waals surface area contributed by atoms with Crippen LogP contribution in [0.5, 0.6) is 0 Å². The van der Waals surface area contributed by atoms with Gasteiger partial charge in [0.1, 0.15) is 17.3 Å². The molecule has 3 aliphatic heterocycles. The van der Waals surface area contributed by atoms with Gasteiger partial charge in [0.15, 0.2) is 0 Å². The molecule has 2 bridgehead atoms. The van der Waals surface area contributed by atoms with E-state index in [2.05, 4.69) is 0 Å². The maximum Gasteiger partial charge on any atom is 0.310 e. The van der Waals surface area contributed by atoms with E-state index in [0.717, 1.165) is 0 Å². The molecule has 2 saturated heterocycles. The van der Waals surface area contributed by atoms with Gasteiger partial charge in [-0.2, -0.15) is 0 Å². The Labute approximate surface area is 114 Å². The van der Waals surface area contributed by atoms with Crippen LogP contribution in [0.25, 0.3) is 0 Å². The van der Waals surface area contributed by atoms with Gasteiger partial charge in [-0.25, -0.2) is 0 Å². The van der Waals surface area contributed by atoms with Crippen molar-refractivity contribution >= 4 is 11.9 Å². The summed E-state index contributed by atoms with van der Waals surface area (Å²) in [7, 11) is 0. The predicted molar refractivity (Wildman–Crippen MR) is 65.5 cm³/mol. The standard InChI is InChI=1S/C14H13NO5/c16-12-11-10(13(17)18)9-3-4-14(11,20-9)7-15(12)6-8-2-1-5-19-8/h1-5,9-11H,6-7H2,(H,17,18)/t9-,10+,11+,14+/m0/s1. The van der Waals surface area contributed by atoms with Crippen molar-refractivity contribution in [1.29, 1.82) is 0 Å². The molecule has 1 N–H and O–H groups in total. The fourth-order valence-corrected chi connectivity index (χ4v) is 3.58. The molecule has 1 aromatic rings. The molecule has 20 heavy (non-hydrogen) atoms. The van der Waals surface area contributed by atoms with E-state index < -0.39 is 29.5 Å². The third-order valence-electron chi connectivity index (χ3n) is 4.39. The smallest absolute Gasteiger partial charge is 0.310 e. The van der Waals surface area contributed by atoms with Crippen LogP contribution in [-0.2, 0) is 20.9 Å². The number of rotatable bonds is 3. The van der Waals surface area contributed by atoms with E-state index in [4.69, 9.17) is 9.15 Å². The number of carbonyl (C=O) groups is 2. The molecule has 1 spiro atoms. The first-order valence-corrected chi connectivity index (χ1v) is 6.52. The van der Waals surface area contributed by atoms with E-state index in [1.165, 1.54) is 0 Å². The maximum atomic E-state index is 12.5. The summed E-state index contributed by atoms with van der Waals surface area (Å²) in [6.45, 7) is 0.728. The van der Waals surface area contributed by atoms with E-state index in [-0.39, 0.29) is 5.91 Å². The van der Waals surface area contributed by atoms with Crippen LogP contribution >= 0.6 is 0 Å². The average Bonchev–Trinajstić information content (AvgIpc) is 3.12. The third-order valence-corrected chi connectivity index (χ3v) is 4.39. The molecule has 4 heterocycles. The summed E-state index contributed by atoms with van der Waals surface area (Å²) in [4.78, 5) is 25.5. The average molecular weight is 275 g/mol. The summed E-state index contributed by atoms with van der Waals surface area (Å²) < 4.78 is 11.0. The lowest BCUT2D eigenvalue weighted by atomic mass is 9.77. The Balaban J connectivity index is 1.65. The van der Waals surface area contributed by atoms with Crippen molar-refractivity contribution in [1.82, 2.24) is 4.90 Å². The van der Waals surface area contributed by atoms with Gasteiger partial charge in [-0.3, -0.25) is 9.59 Å². The number of furan rings is 1. The monoisotopic (exact) mass is 275 g/mol. The molecule has 3 aliphatic rings. The maximum absolute atomic E-state index is 12.5. The molecule has 104 valence electrons. The van der Waals surface area contributed by atoms with Crippen molar-refractivity contribution in [3.63, 3.8) is 0 Å². The second-order valence-corrected chi connectivity index (χ2v) is 5.51. The highest BCUT2D eigenvalue weighted by atomic mass is 16.5. The number of hydrogen-bond donors (Lipinski definition) is 1. The van der Waals surface area contributed by atoms with Gasteiger partial charge in [-0.1, -0.05) is 12.2 Å². The molecule has 0 aliphatic carbocycles. The molecular weight excluding hydrogens is 262 g/mol. The number of carbonyl (C=O) groups excluding carboxylic acids is 1. The number of hydrogen-bond acceptors (Lipinski definition) is 4. The Hall–Kier alpha value is -2.08. The zero-order chi connectivity index (χ0) is 13.9.